The van der Waals surface area contributed by atoms with Crippen LogP contribution in [0.2, 0.25) is 0 Å². The summed E-state index contributed by atoms with van der Waals surface area (Å²) in [6, 6.07) is 7.66. The number of aromatic nitrogens is 3. The van der Waals surface area contributed by atoms with Gasteiger partial charge in [-0.1, -0.05) is 17.4 Å². The molecule has 7 heteroatoms. The molecule has 2 heterocycles. The van der Waals surface area contributed by atoms with Gasteiger partial charge in [0, 0.05) is 18.8 Å². The minimum atomic E-state index is -0.338. The van der Waals surface area contributed by atoms with E-state index in [0.29, 0.717) is 23.6 Å². The quantitative estimate of drug-likeness (QED) is 0.624. The van der Waals surface area contributed by atoms with Crippen molar-refractivity contribution in [2.24, 2.45) is 4.99 Å². The number of carbonyl (C=O) groups excluding carboxylic acids is 1. The van der Waals surface area contributed by atoms with E-state index in [1.165, 1.54) is 11.3 Å². The second-order valence-corrected chi connectivity index (χ2v) is 6.76. The van der Waals surface area contributed by atoms with Gasteiger partial charge in [-0.2, -0.15) is 10.1 Å². The van der Waals surface area contributed by atoms with Gasteiger partial charge in [0.2, 0.25) is 0 Å². The maximum Gasteiger partial charge on any atom is 0.300 e. The molecule has 0 aliphatic rings. The van der Waals surface area contributed by atoms with E-state index < -0.39 is 0 Å². The molecule has 26 heavy (non-hydrogen) atoms. The van der Waals surface area contributed by atoms with Crippen LogP contribution in [0.1, 0.15) is 30.0 Å². The monoisotopic (exact) mass is 370 g/mol. The Kier molecular flexibility index (Phi) is 5.37. The van der Waals surface area contributed by atoms with Crippen LogP contribution in [-0.2, 0) is 13.1 Å². The summed E-state index contributed by atoms with van der Waals surface area (Å²) in [6.07, 6.45) is 1.79. The molecule has 0 radical (unpaired) electrons. The summed E-state index contributed by atoms with van der Waals surface area (Å²) in [5.41, 5.74) is 2.31. The SMILES string of the molecule is C=CCn1c(=NC(=O)c2cc(C)n(CC)n2)sc2cc(OCC)ccc21. The first-order valence-corrected chi connectivity index (χ1v) is 9.39. The molecular weight excluding hydrogens is 348 g/mol. The normalized spacial score (nSPS) is 11.9. The molecule has 0 saturated carbocycles. The predicted octanol–water partition coefficient (Wildman–Crippen LogP) is 3.55. The van der Waals surface area contributed by atoms with Crippen LogP contribution in [0.4, 0.5) is 0 Å². The van der Waals surface area contributed by atoms with Crippen LogP contribution in [0, 0.1) is 6.92 Å². The molecule has 0 bridgehead atoms. The first-order chi connectivity index (χ1) is 12.6. The van der Waals surface area contributed by atoms with Crippen molar-refractivity contribution in [2.45, 2.75) is 33.9 Å². The fourth-order valence-corrected chi connectivity index (χ4v) is 3.85. The summed E-state index contributed by atoms with van der Waals surface area (Å²) in [4.78, 5) is 17.6. The van der Waals surface area contributed by atoms with E-state index in [1.54, 1.807) is 16.8 Å². The Labute approximate surface area is 156 Å². The molecule has 0 unspecified atom stereocenters. The topological polar surface area (TPSA) is 61.4 Å². The minimum absolute atomic E-state index is 0.338. The van der Waals surface area contributed by atoms with Crippen LogP contribution in [-0.4, -0.2) is 26.9 Å². The molecular formula is C19H22N4O2S. The predicted molar refractivity (Wildman–Crippen MR) is 104 cm³/mol. The highest BCUT2D eigenvalue weighted by molar-refractivity contribution is 7.16. The average Bonchev–Trinajstić information content (AvgIpc) is 3.16. The van der Waals surface area contributed by atoms with E-state index in [-0.39, 0.29) is 5.91 Å². The van der Waals surface area contributed by atoms with Crippen molar-refractivity contribution >= 4 is 27.5 Å². The number of nitrogens with zero attached hydrogens (tertiary/aromatic N) is 4. The molecule has 0 fully saturated rings. The zero-order chi connectivity index (χ0) is 18.7. The van der Waals surface area contributed by atoms with Crippen molar-refractivity contribution < 1.29 is 9.53 Å². The van der Waals surface area contributed by atoms with Gasteiger partial charge in [-0.25, -0.2) is 0 Å². The van der Waals surface area contributed by atoms with E-state index in [4.69, 9.17) is 4.74 Å². The van der Waals surface area contributed by atoms with Crippen molar-refractivity contribution in [3.05, 3.63) is 53.1 Å². The maximum absolute atomic E-state index is 12.6. The second-order valence-electron chi connectivity index (χ2n) is 5.75. The summed E-state index contributed by atoms with van der Waals surface area (Å²) < 4.78 is 10.4. The summed E-state index contributed by atoms with van der Waals surface area (Å²) in [5.74, 6) is 0.469. The molecule has 1 amide bonds. The third-order valence-electron chi connectivity index (χ3n) is 3.97. The minimum Gasteiger partial charge on any atom is -0.494 e. The van der Waals surface area contributed by atoms with E-state index in [0.717, 1.165) is 28.2 Å². The average molecular weight is 370 g/mol. The first-order valence-electron chi connectivity index (χ1n) is 8.58. The molecule has 0 N–H and O–H groups in total. The molecule has 2 aromatic heterocycles. The van der Waals surface area contributed by atoms with Crippen LogP contribution in [0.25, 0.3) is 10.2 Å². The highest BCUT2D eigenvalue weighted by atomic mass is 32.1. The number of hydrogen-bond donors (Lipinski definition) is 0. The molecule has 1 aromatic carbocycles. The molecule has 0 saturated heterocycles. The van der Waals surface area contributed by atoms with Crippen molar-refractivity contribution in [1.82, 2.24) is 14.3 Å². The van der Waals surface area contributed by atoms with Crippen LogP contribution >= 0.6 is 11.3 Å². The van der Waals surface area contributed by atoms with Crippen LogP contribution in [0.3, 0.4) is 0 Å². The lowest BCUT2D eigenvalue weighted by molar-refractivity contribution is 0.0992. The van der Waals surface area contributed by atoms with E-state index >= 15 is 0 Å². The van der Waals surface area contributed by atoms with Crippen molar-refractivity contribution in [2.75, 3.05) is 6.61 Å². The Morgan fingerprint density at radius 2 is 2.19 bits per heavy atom. The van der Waals surface area contributed by atoms with Gasteiger partial charge in [0.15, 0.2) is 10.5 Å². The Balaban J connectivity index is 2.09. The van der Waals surface area contributed by atoms with Gasteiger partial charge < -0.3 is 9.30 Å². The maximum atomic E-state index is 12.6. The summed E-state index contributed by atoms with van der Waals surface area (Å²) in [7, 11) is 0. The van der Waals surface area contributed by atoms with Crippen molar-refractivity contribution in [3.63, 3.8) is 0 Å². The molecule has 0 aliphatic carbocycles. The zero-order valence-corrected chi connectivity index (χ0v) is 16.0. The molecule has 0 atom stereocenters. The molecule has 3 aromatic rings. The van der Waals surface area contributed by atoms with Crippen molar-refractivity contribution in [3.8, 4) is 5.75 Å². The van der Waals surface area contributed by atoms with Gasteiger partial charge in [0.05, 0.1) is 16.8 Å². The molecule has 0 aliphatic heterocycles. The number of thiazole rings is 1. The highest BCUT2D eigenvalue weighted by Crippen LogP contribution is 2.23. The molecule has 0 spiro atoms. The van der Waals surface area contributed by atoms with Gasteiger partial charge in [-0.3, -0.25) is 9.48 Å². The number of amides is 1. The summed E-state index contributed by atoms with van der Waals surface area (Å²) >= 11 is 1.46. The second kappa shape index (κ2) is 7.70. The smallest absolute Gasteiger partial charge is 0.300 e. The third-order valence-corrected chi connectivity index (χ3v) is 5.02. The number of allylic oxidation sites excluding steroid dienone is 1. The summed E-state index contributed by atoms with van der Waals surface area (Å²) in [5, 5.41) is 4.32. The number of rotatable bonds is 6. The number of hydrogen-bond acceptors (Lipinski definition) is 4. The van der Waals surface area contributed by atoms with Gasteiger partial charge in [0.25, 0.3) is 5.91 Å². The lowest BCUT2D eigenvalue weighted by Gasteiger charge is -2.04. The van der Waals surface area contributed by atoms with Gasteiger partial charge in [-0.15, -0.1) is 6.58 Å². The van der Waals surface area contributed by atoms with Gasteiger partial charge >= 0.3 is 0 Å². The fourth-order valence-electron chi connectivity index (χ4n) is 2.78. The van der Waals surface area contributed by atoms with Crippen LogP contribution in [0.15, 0.2) is 41.9 Å². The van der Waals surface area contributed by atoms with Gasteiger partial charge in [0.1, 0.15) is 5.75 Å². The zero-order valence-electron chi connectivity index (χ0n) is 15.2. The number of aryl methyl sites for hydroxylation is 2. The Morgan fingerprint density at radius 3 is 2.85 bits per heavy atom. The molecule has 136 valence electrons. The molecule has 6 nitrogen and oxygen atoms in total. The van der Waals surface area contributed by atoms with E-state index in [9.17, 15) is 4.79 Å². The largest absolute Gasteiger partial charge is 0.494 e. The highest BCUT2D eigenvalue weighted by Gasteiger charge is 2.13. The fraction of sp³-hybridized carbons (Fsp3) is 0.316. The number of ether oxygens (including phenoxy) is 1. The van der Waals surface area contributed by atoms with Gasteiger partial charge in [-0.05, 0) is 45.0 Å². The molecule has 3 rings (SSSR count). The Bertz CT molecular complexity index is 1030. The first kappa shape index (κ1) is 18.1. The van der Waals surface area contributed by atoms with E-state index in [2.05, 4.69) is 16.7 Å². The number of benzene rings is 1. The summed E-state index contributed by atoms with van der Waals surface area (Å²) in [6.45, 7) is 11.6. The van der Waals surface area contributed by atoms with Crippen LogP contribution < -0.4 is 9.54 Å². The number of carbonyl (C=O) groups is 1. The Hall–Kier alpha value is -2.67. The van der Waals surface area contributed by atoms with Crippen LogP contribution in [0.5, 0.6) is 5.75 Å². The van der Waals surface area contributed by atoms with Crippen molar-refractivity contribution in [1.29, 1.82) is 0 Å². The third kappa shape index (κ3) is 3.48. The number of fused-ring (bicyclic) bond motifs is 1. The lowest BCUT2D eigenvalue weighted by Crippen LogP contribution is -2.16. The Morgan fingerprint density at radius 1 is 1.38 bits per heavy atom. The standard InChI is InChI=1S/C19H22N4O2S/c1-5-10-22-16-9-8-14(25-7-3)12-17(16)26-19(22)20-18(24)15-11-13(4)23(6-2)21-15/h5,8-9,11-12H,1,6-7,10H2,2-4H3. The van der Waals surface area contributed by atoms with E-state index in [1.807, 2.05) is 43.5 Å². The lowest BCUT2D eigenvalue weighted by atomic mass is 10.3.